The molecule has 0 saturated heterocycles. The third-order valence-electron chi connectivity index (χ3n) is 2.65. The van der Waals surface area contributed by atoms with E-state index in [0.29, 0.717) is 18.5 Å². The zero-order chi connectivity index (χ0) is 13.7. The van der Waals surface area contributed by atoms with Crippen LogP contribution in [-0.4, -0.2) is 26.5 Å². The molecule has 0 unspecified atom stereocenters. The van der Waals surface area contributed by atoms with Crippen LogP contribution in [0.2, 0.25) is 0 Å². The highest BCUT2D eigenvalue weighted by Gasteiger charge is 2.10. The monoisotopic (exact) mass is 264 g/mol. The zero-order valence-electron chi connectivity index (χ0n) is 11.6. The van der Waals surface area contributed by atoms with Gasteiger partial charge in [0.15, 0.2) is 0 Å². The molecule has 2 heterocycles. The van der Waals surface area contributed by atoms with Crippen LogP contribution in [0.4, 0.5) is 11.7 Å². The quantitative estimate of drug-likeness (QED) is 0.739. The molecule has 0 atom stereocenters. The largest absolute Gasteiger partial charge is 0.406 e. The lowest BCUT2D eigenvalue weighted by Crippen LogP contribution is -2.13. The molecule has 7 nitrogen and oxygen atoms in total. The molecule has 0 bridgehead atoms. The van der Waals surface area contributed by atoms with Gasteiger partial charge in [0.25, 0.3) is 0 Å². The number of nitrogens with zero attached hydrogens (tertiary/aromatic N) is 4. The first-order chi connectivity index (χ1) is 9.22. The highest BCUT2D eigenvalue weighted by atomic mass is 16.4. The van der Waals surface area contributed by atoms with Crippen LogP contribution in [0.25, 0.3) is 0 Å². The van der Waals surface area contributed by atoms with E-state index in [4.69, 9.17) is 4.42 Å². The minimum atomic E-state index is 0.399. The molecule has 2 aromatic heterocycles. The van der Waals surface area contributed by atoms with Gasteiger partial charge in [0, 0.05) is 13.2 Å². The molecular formula is C12H20N6O. The van der Waals surface area contributed by atoms with Gasteiger partial charge in [-0.2, -0.15) is 5.10 Å². The summed E-state index contributed by atoms with van der Waals surface area (Å²) >= 11 is 0. The minimum absolute atomic E-state index is 0.399. The number of anilines is 2. The van der Waals surface area contributed by atoms with E-state index in [1.54, 1.807) is 4.68 Å². The number of aryl methyl sites for hydroxylation is 2. The van der Waals surface area contributed by atoms with E-state index < -0.39 is 0 Å². The predicted molar refractivity (Wildman–Crippen MR) is 72.2 cm³/mol. The van der Waals surface area contributed by atoms with Crippen molar-refractivity contribution in [1.29, 1.82) is 0 Å². The smallest absolute Gasteiger partial charge is 0.320 e. The molecule has 104 valence electrons. The van der Waals surface area contributed by atoms with Crippen LogP contribution in [0, 0.1) is 0 Å². The van der Waals surface area contributed by atoms with Gasteiger partial charge in [-0.1, -0.05) is 18.9 Å². The Morgan fingerprint density at radius 2 is 2.16 bits per heavy atom. The summed E-state index contributed by atoms with van der Waals surface area (Å²) < 4.78 is 7.28. The van der Waals surface area contributed by atoms with Gasteiger partial charge in [0.05, 0.1) is 17.9 Å². The van der Waals surface area contributed by atoms with Gasteiger partial charge in [-0.15, -0.1) is 5.10 Å². The van der Waals surface area contributed by atoms with Gasteiger partial charge in [-0.3, -0.25) is 4.68 Å². The van der Waals surface area contributed by atoms with E-state index in [0.717, 1.165) is 30.8 Å². The van der Waals surface area contributed by atoms with E-state index in [9.17, 15) is 0 Å². The van der Waals surface area contributed by atoms with E-state index in [2.05, 4.69) is 39.8 Å². The maximum Gasteiger partial charge on any atom is 0.320 e. The Labute approximate surface area is 112 Å². The highest BCUT2D eigenvalue weighted by Crippen LogP contribution is 2.19. The summed E-state index contributed by atoms with van der Waals surface area (Å²) in [7, 11) is 1.89. The van der Waals surface area contributed by atoms with Crippen molar-refractivity contribution in [2.24, 2.45) is 7.05 Å². The van der Waals surface area contributed by atoms with Crippen molar-refractivity contribution in [2.45, 2.75) is 33.2 Å². The topological polar surface area (TPSA) is 80.8 Å². The van der Waals surface area contributed by atoms with Crippen molar-refractivity contribution in [3.05, 3.63) is 17.8 Å². The summed E-state index contributed by atoms with van der Waals surface area (Å²) in [6.45, 7) is 5.70. The number of rotatable bonds is 7. The number of hydrogen-bond donors (Lipinski definition) is 2. The third-order valence-corrected chi connectivity index (χ3v) is 2.65. The Bertz CT molecular complexity index is 518. The SMILES string of the molecule is CCCNCc1nnc(Nc2cn(C)nc2CC)o1. The van der Waals surface area contributed by atoms with Crippen molar-refractivity contribution < 1.29 is 4.42 Å². The van der Waals surface area contributed by atoms with E-state index in [1.165, 1.54) is 0 Å². The van der Waals surface area contributed by atoms with Gasteiger partial charge < -0.3 is 15.1 Å². The summed E-state index contributed by atoms with van der Waals surface area (Å²) in [4.78, 5) is 0. The molecule has 0 saturated carbocycles. The van der Waals surface area contributed by atoms with Gasteiger partial charge >= 0.3 is 6.01 Å². The fraction of sp³-hybridized carbons (Fsp3) is 0.583. The average Bonchev–Trinajstić information content (AvgIpc) is 2.97. The molecule has 0 amide bonds. The Hall–Kier alpha value is -1.89. The summed E-state index contributed by atoms with van der Waals surface area (Å²) in [5.41, 5.74) is 1.88. The predicted octanol–water partition coefficient (Wildman–Crippen LogP) is 1.61. The highest BCUT2D eigenvalue weighted by molar-refractivity contribution is 5.54. The first-order valence-electron chi connectivity index (χ1n) is 6.55. The summed E-state index contributed by atoms with van der Waals surface area (Å²) in [6, 6.07) is 0.399. The second-order valence-corrected chi connectivity index (χ2v) is 4.32. The maximum atomic E-state index is 5.51. The normalized spacial score (nSPS) is 10.9. The van der Waals surface area contributed by atoms with Crippen molar-refractivity contribution in [3.63, 3.8) is 0 Å². The van der Waals surface area contributed by atoms with E-state index in [-0.39, 0.29) is 0 Å². The fourth-order valence-corrected chi connectivity index (χ4v) is 1.76. The maximum absolute atomic E-state index is 5.51. The van der Waals surface area contributed by atoms with Crippen LogP contribution in [-0.2, 0) is 20.0 Å². The summed E-state index contributed by atoms with van der Waals surface area (Å²) in [5.74, 6) is 0.581. The molecule has 0 aliphatic carbocycles. The lowest BCUT2D eigenvalue weighted by molar-refractivity contribution is 0.479. The van der Waals surface area contributed by atoms with Crippen LogP contribution in [0.15, 0.2) is 10.6 Å². The molecule has 0 aliphatic heterocycles. The molecule has 2 aromatic rings. The first-order valence-corrected chi connectivity index (χ1v) is 6.55. The zero-order valence-corrected chi connectivity index (χ0v) is 11.6. The third kappa shape index (κ3) is 3.54. The lowest BCUT2D eigenvalue weighted by Gasteiger charge is -1.99. The Kier molecular flexibility index (Phi) is 4.51. The molecule has 2 N–H and O–H groups in total. The molecule has 0 spiro atoms. The summed E-state index contributed by atoms with van der Waals surface area (Å²) in [6.07, 6.45) is 3.83. The lowest BCUT2D eigenvalue weighted by atomic mass is 10.3. The van der Waals surface area contributed by atoms with Gasteiger partial charge in [0.1, 0.15) is 0 Å². The number of nitrogens with one attached hydrogen (secondary N) is 2. The number of aromatic nitrogens is 4. The molecule has 7 heteroatoms. The molecule has 19 heavy (non-hydrogen) atoms. The van der Waals surface area contributed by atoms with Gasteiger partial charge in [-0.05, 0) is 19.4 Å². The van der Waals surface area contributed by atoms with Crippen molar-refractivity contribution in [2.75, 3.05) is 11.9 Å². The Morgan fingerprint density at radius 3 is 2.89 bits per heavy atom. The van der Waals surface area contributed by atoms with Crippen molar-refractivity contribution >= 4 is 11.7 Å². The molecule has 0 fully saturated rings. The molecular weight excluding hydrogens is 244 g/mol. The van der Waals surface area contributed by atoms with Crippen LogP contribution in [0.5, 0.6) is 0 Å². The molecule has 2 rings (SSSR count). The molecule has 0 radical (unpaired) electrons. The molecule has 0 aliphatic rings. The number of hydrogen-bond acceptors (Lipinski definition) is 6. The second-order valence-electron chi connectivity index (χ2n) is 4.32. The van der Waals surface area contributed by atoms with Gasteiger partial charge in [-0.25, -0.2) is 0 Å². The van der Waals surface area contributed by atoms with Crippen molar-refractivity contribution in [3.8, 4) is 0 Å². The summed E-state index contributed by atoms with van der Waals surface area (Å²) in [5, 5.41) is 18.6. The fourth-order valence-electron chi connectivity index (χ4n) is 1.76. The van der Waals surface area contributed by atoms with Crippen LogP contribution in [0.1, 0.15) is 31.9 Å². The Morgan fingerprint density at radius 1 is 1.32 bits per heavy atom. The Balaban J connectivity index is 1.99. The minimum Gasteiger partial charge on any atom is -0.406 e. The standard InChI is InChI=1S/C12H20N6O/c1-4-6-13-7-11-15-16-12(19-11)14-10-8-18(3)17-9(10)5-2/h8,13H,4-7H2,1-3H3,(H,14,16). The van der Waals surface area contributed by atoms with Gasteiger partial charge in [0.2, 0.25) is 5.89 Å². The van der Waals surface area contributed by atoms with Crippen molar-refractivity contribution in [1.82, 2.24) is 25.3 Å². The van der Waals surface area contributed by atoms with E-state index >= 15 is 0 Å². The van der Waals surface area contributed by atoms with Crippen LogP contribution in [0.3, 0.4) is 0 Å². The second kappa shape index (κ2) is 6.33. The van der Waals surface area contributed by atoms with Crippen LogP contribution >= 0.6 is 0 Å². The average molecular weight is 264 g/mol. The van der Waals surface area contributed by atoms with E-state index in [1.807, 2.05) is 13.2 Å². The first kappa shape index (κ1) is 13.5. The van der Waals surface area contributed by atoms with Crippen LogP contribution < -0.4 is 10.6 Å². The molecule has 0 aromatic carbocycles.